The van der Waals surface area contributed by atoms with Crippen LogP contribution in [0.4, 0.5) is 0 Å². The van der Waals surface area contributed by atoms with Gasteiger partial charge in [0, 0.05) is 24.6 Å². The molecule has 1 aliphatic rings. The lowest BCUT2D eigenvalue weighted by Gasteiger charge is -2.18. The van der Waals surface area contributed by atoms with Gasteiger partial charge in [-0.3, -0.25) is 14.4 Å². The van der Waals surface area contributed by atoms with Crippen molar-refractivity contribution in [2.45, 2.75) is 38.1 Å². The SMILES string of the molecule is CC(CNC(=O)c1ccc2c(c1)S(=O)(=O)N(C(C)C)C2=O)CC(=O)O. The topological polar surface area (TPSA) is 121 Å². The van der Waals surface area contributed by atoms with Gasteiger partial charge >= 0.3 is 5.97 Å². The molecule has 0 fully saturated rings. The minimum Gasteiger partial charge on any atom is -0.481 e. The average molecular weight is 368 g/mol. The van der Waals surface area contributed by atoms with Crippen LogP contribution >= 0.6 is 0 Å². The zero-order valence-electron chi connectivity index (χ0n) is 14.1. The molecule has 1 aliphatic heterocycles. The van der Waals surface area contributed by atoms with E-state index in [4.69, 9.17) is 5.11 Å². The zero-order chi connectivity index (χ0) is 18.9. The lowest BCUT2D eigenvalue weighted by Crippen LogP contribution is -2.36. The first-order valence-electron chi connectivity index (χ1n) is 7.78. The second kappa shape index (κ2) is 6.83. The van der Waals surface area contributed by atoms with E-state index in [1.54, 1.807) is 20.8 Å². The van der Waals surface area contributed by atoms with E-state index >= 15 is 0 Å². The van der Waals surface area contributed by atoms with Crippen LogP contribution in [0.3, 0.4) is 0 Å². The molecule has 1 heterocycles. The smallest absolute Gasteiger partial charge is 0.303 e. The average Bonchev–Trinajstić information content (AvgIpc) is 2.70. The summed E-state index contributed by atoms with van der Waals surface area (Å²) in [5.41, 5.74) is 0.146. The van der Waals surface area contributed by atoms with Crippen molar-refractivity contribution in [2.75, 3.05) is 6.54 Å². The summed E-state index contributed by atoms with van der Waals surface area (Å²) in [4.78, 5) is 34.9. The van der Waals surface area contributed by atoms with Crippen molar-refractivity contribution < 1.29 is 27.9 Å². The fourth-order valence-electron chi connectivity index (χ4n) is 2.64. The molecule has 0 saturated carbocycles. The fraction of sp³-hybridized carbons (Fsp3) is 0.438. The van der Waals surface area contributed by atoms with E-state index in [0.717, 1.165) is 4.31 Å². The van der Waals surface area contributed by atoms with Gasteiger partial charge in [0.1, 0.15) is 4.90 Å². The van der Waals surface area contributed by atoms with E-state index in [1.165, 1.54) is 18.2 Å². The first-order chi connectivity index (χ1) is 11.6. The van der Waals surface area contributed by atoms with E-state index < -0.39 is 33.8 Å². The Morgan fingerprint density at radius 2 is 1.88 bits per heavy atom. The Kier molecular flexibility index (Phi) is 5.17. The number of nitrogens with one attached hydrogen (secondary N) is 1. The maximum absolute atomic E-state index is 12.5. The number of hydrogen-bond donors (Lipinski definition) is 2. The molecule has 1 aromatic carbocycles. The van der Waals surface area contributed by atoms with Gasteiger partial charge in [0.15, 0.2) is 0 Å². The number of benzene rings is 1. The number of amides is 2. The van der Waals surface area contributed by atoms with Gasteiger partial charge in [0.2, 0.25) is 0 Å². The van der Waals surface area contributed by atoms with Crippen LogP contribution in [0.5, 0.6) is 0 Å². The molecule has 0 bridgehead atoms. The van der Waals surface area contributed by atoms with Crippen LogP contribution in [-0.2, 0) is 14.8 Å². The van der Waals surface area contributed by atoms with Gasteiger partial charge in [-0.05, 0) is 38.0 Å². The van der Waals surface area contributed by atoms with Crippen molar-refractivity contribution in [1.29, 1.82) is 0 Å². The summed E-state index contributed by atoms with van der Waals surface area (Å²) in [6.07, 6.45) is -0.0866. The van der Waals surface area contributed by atoms with Gasteiger partial charge < -0.3 is 10.4 Å². The van der Waals surface area contributed by atoms with Crippen LogP contribution in [0.1, 0.15) is 47.9 Å². The Labute approximate surface area is 145 Å². The molecule has 0 spiro atoms. The van der Waals surface area contributed by atoms with Crippen molar-refractivity contribution >= 4 is 27.8 Å². The lowest BCUT2D eigenvalue weighted by atomic mass is 10.1. The van der Waals surface area contributed by atoms with Crippen molar-refractivity contribution in [2.24, 2.45) is 5.92 Å². The summed E-state index contributed by atoms with van der Waals surface area (Å²) < 4.78 is 25.8. The highest BCUT2D eigenvalue weighted by Gasteiger charge is 2.42. The molecule has 2 rings (SSSR count). The maximum atomic E-state index is 12.5. The van der Waals surface area contributed by atoms with Gasteiger partial charge in [-0.2, -0.15) is 0 Å². The molecule has 2 amide bonds. The van der Waals surface area contributed by atoms with Crippen LogP contribution in [-0.4, -0.2) is 48.2 Å². The number of fused-ring (bicyclic) bond motifs is 1. The first kappa shape index (κ1) is 18.9. The summed E-state index contributed by atoms with van der Waals surface area (Å²) in [7, 11) is -3.97. The van der Waals surface area contributed by atoms with Gasteiger partial charge in [0.05, 0.1) is 5.56 Å². The number of carboxylic acids is 1. The second-order valence-electron chi connectivity index (χ2n) is 6.32. The molecular formula is C16H20N2O6S. The Hall–Kier alpha value is -2.42. The van der Waals surface area contributed by atoms with Gasteiger partial charge in [-0.15, -0.1) is 0 Å². The largest absolute Gasteiger partial charge is 0.481 e. The highest BCUT2D eigenvalue weighted by atomic mass is 32.2. The maximum Gasteiger partial charge on any atom is 0.303 e. The number of aliphatic carboxylic acids is 1. The quantitative estimate of drug-likeness (QED) is 0.775. The van der Waals surface area contributed by atoms with Crippen molar-refractivity contribution in [3.63, 3.8) is 0 Å². The monoisotopic (exact) mass is 368 g/mol. The molecule has 9 heteroatoms. The van der Waals surface area contributed by atoms with E-state index in [9.17, 15) is 22.8 Å². The molecule has 0 aromatic heterocycles. The van der Waals surface area contributed by atoms with Crippen LogP contribution in [0.15, 0.2) is 23.1 Å². The molecule has 2 N–H and O–H groups in total. The minimum absolute atomic E-state index is 0.0458. The molecule has 8 nitrogen and oxygen atoms in total. The Morgan fingerprint density at radius 3 is 2.44 bits per heavy atom. The number of carbonyl (C=O) groups excluding carboxylic acids is 2. The van der Waals surface area contributed by atoms with Crippen LogP contribution in [0.2, 0.25) is 0 Å². The highest BCUT2D eigenvalue weighted by molar-refractivity contribution is 7.90. The fourth-order valence-corrected chi connectivity index (χ4v) is 4.43. The van der Waals surface area contributed by atoms with E-state index in [1.807, 2.05) is 0 Å². The summed E-state index contributed by atoms with van der Waals surface area (Å²) in [5, 5.41) is 11.3. The first-order valence-corrected chi connectivity index (χ1v) is 9.22. The molecule has 25 heavy (non-hydrogen) atoms. The van der Waals surface area contributed by atoms with Crippen LogP contribution in [0.25, 0.3) is 0 Å². The van der Waals surface area contributed by atoms with E-state index in [2.05, 4.69) is 5.32 Å². The molecular weight excluding hydrogens is 348 g/mol. The molecule has 1 aromatic rings. The predicted molar refractivity (Wildman–Crippen MR) is 88.7 cm³/mol. The molecule has 0 saturated heterocycles. The predicted octanol–water partition coefficient (Wildman–Crippen LogP) is 1.08. The van der Waals surface area contributed by atoms with Crippen molar-refractivity contribution in [3.8, 4) is 0 Å². The Balaban J connectivity index is 2.23. The number of carboxylic acid groups (broad SMARTS) is 1. The number of nitrogens with zero attached hydrogens (tertiary/aromatic N) is 1. The standard InChI is InChI=1S/C16H20N2O6S/c1-9(2)18-16(22)12-5-4-11(7-13(12)25(18,23)24)15(21)17-8-10(3)6-14(19)20/h4-5,7,9-10H,6,8H2,1-3H3,(H,17,21)(H,19,20). The number of carbonyl (C=O) groups is 3. The van der Waals surface area contributed by atoms with Crippen LogP contribution < -0.4 is 5.32 Å². The Morgan fingerprint density at radius 1 is 1.24 bits per heavy atom. The summed E-state index contributed by atoms with van der Waals surface area (Å²) in [6.45, 7) is 5.02. The summed E-state index contributed by atoms with van der Waals surface area (Å²) in [5.74, 6) is -2.35. The zero-order valence-corrected chi connectivity index (χ0v) is 15.0. The third-order valence-corrected chi connectivity index (χ3v) is 5.81. The summed E-state index contributed by atoms with van der Waals surface area (Å²) in [6, 6.07) is 3.36. The van der Waals surface area contributed by atoms with E-state index in [-0.39, 0.29) is 34.9 Å². The van der Waals surface area contributed by atoms with Crippen molar-refractivity contribution in [3.05, 3.63) is 29.3 Å². The third kappa shape index (κ3) is 3.65. The van der Waals surface area contributed by atoms with Crippen molar-refractivity contribution in [1.82, 2.24) is 9.62 Å². The summed E-state index contributed by atoms with van der Waals surface area (Å²) >= 11 is 0. The number of hydrogen-bond acceptors (Lipinski definition) is 5. The van der Waals surface area contributed by atoms with E-state index in [0.29, 0.717) is 0 Å². The molecule has 1 atom stereocenters. The lowest BCUT2D eigenvalue weighted by molar-refractivity contribution is -0.137. The highest BCUT2D eigenvalue weighted by Crippen LogP contribution is 2.32. The van der Waals surface area contributed by atoms with Gasteiger partial charge in [-0.1, -0.05) is 6.92 Å². The number of rotatable bonds is 6. The molecule has 0 aliphatic carbocycles. The Bertz CT molecular complexity index is 831. The van der Waals surface area contributed by atoms with Crippen LogP contribution in [0, 0.1) is 5.92 Å². The number of sulfonamides is 1. The van der Waals surface area contributed by atoms with Gasteiger partial charge in [-0.25, -0.2) is 12.7 Å². The third-order valence-electron chi connectivity index (χ3n) is 3.81. The second-order valence-corrected chi connectivity index (χ2v) is 8.11. The molecule has 1 unspecified atom stereocenters. The molecule has 136 valence electrons. The minimum atomic E-state index is -3.97. The van der Waals surface area contributed by atoms with Gasteiger partial charge in [0.25, 0.3) is 21.8 Å². The normalized spacial score (nSPS) is 16.6. The molecule has 0 radical (unpaired) electrons.